The zero-order chi connectivity index (χ0) is 26.0. The highest BCUT2D eigenvalue weighted by molar-refractivity contribution is 7.09. The van der Waals surface area contributed by atoms with Gasteiger partial charge in [-0.3, -0.25) is 4.79 Å². The number of nitrogens with zero attached hydrogens (tertiary/aromatic N) is 6. The van der Waals surface area contributed by atoms with Crippen molar-refractivity contribution in [3.63, 3.8) is 0 Å². The number of carbonyl (C=O) groups excluding carboxylic acids is 1. The van der Waals surface area contributed by atoms with Gasteiger partial charge in [0, 0.05) is 16.8 Å². The summed E-state index contributed by atoms with van der Waals surface area (Å²) in [5, 5.41) is 15.4. The van der Waals surface area contributed by atoms with Gasteiger partial charge in [0.15, 0.2) is 0 Å². The van der Waals surface area contributed by atoms with E-state index in [9.17, 15) is 26.7 Å². The molecule has 0 aliphatic carbocycles. The summed E-state index contributed by atoms with van der Waals surface area (Å²) in [6.07, 6.45) is -7.92. The lowest BCUT2D eigenvalue weighted by Gasteiger charge is -2.19. The number of benzene rings is 1. The molecule has 0 fully saturated rings. The molecule has 9 nitrogen and oxygen atoms in total. The summed E-state index contributed by atoms with van der Waals surface area (Å²) >= 11 is 7.18. The minimum atomic E-state index is -5.70. The quantitative estimate of drug-likeness (QED) is 0.359. The Morgan fingerprint density at radius 1 is 1.22 bits per heavy atom. The van der Waals surface area contributed by atoms with Gasteiger partial charge in [-0.15, -0.1) is 21.5 Å². The molecule has 3 aromatic heterocycles. The van der Waals surface area contributed by atoms with Gasteiger partial charge in [0.05, 0.1) is 16.8 Å². The molecule has 0 radical (unpaired) electrons. The molecule has 36 heavy (non-hydrogen) atoms. The fourth-order valence-corrected chi connectivity index (χ4v) is 4.88. The normalized spacial score (nSPS) is 18.0. The molecule has 5 rings (SSSR count). The number of halogens is 6. The Hall–Kier alpha value is -3.46. The summed E-state index contributed by atoms with van der Waals surface area (Å²) in [4.78, 5) is 21.5. The predicted octanol–water partition coefficient (Wildman–Crippen LogP) is 4.29. The summed E-state index contributed by atoms with van der Waals surface area (Å²) in [6.45, 7) is 1.60. The minimum absolute atomic E-state index is 0.0678. The number of aryl methyl sites for hydroxylation is 1. The lowest BCUT2D eigenvalue weighted by molar-refractivity contribution is -0.284. The fraction of sp³-hybridized carbons (Fsp3) is 0.300. The average Bonchev–Trinajstić information content (AvgIpc) is 3.50. The van der Waals surface area contributed by atoms with Crippen molar-refractivity contribution in [3.8, 4) is 5.95 Å². The Bertz CT molecular complexity index is 1510. The van der Waals surface area contributed by atoms with Crippen molar-refractivity contribution in [2.75, 3.05) is 11.1 Å². The van der Waals surface area contributed by atoms with Gasteiger partial charge in [-0.1, -0.05) is 11.6 Å². The standard InChI is InChI=1S/C20H14ClF5N8OS/c1-18(16-32-28-7-36-16)12-13(27)29-17(31-14(12)30-15(18)35)34-11-3-2-8(21)6-9(11)10(33-34)4-5-19(22,23)20(24,25)26/h2-3,6-7H,4-5H2,1H3,(H3,27,29,30,31,35). The van der Waals surface area contributed by atoms with Crippen molar-refractivity contribution in [2.24, 2.45) is 0 Å². The first-order chi connectivity index (χ1) is 16.8. The highest BCUT2D eigenvalue weighted by Gasteiger charge is 2.56. The molecule has 0 saturated carbocycles. The topological polar surface area (TPSA) is 125 Å². The second-order valence-corrected chi connectivity index (χ2v) is 9.45. The zero-order valence-electron chi connectivity index (χ0n) is 18.1. The van der Waals surface area contributed by atoms with E-state index in [0.29, 0.717) is 10.5 Å². The first-order valence-corrected chi connectivity index (χ1v) is 11.5. The van der Waals surface area contributed by atoms with Crippen molar-refractivity contribution in [1.29, 1.82) is 0 Å². The van der Waals surface area contributed by atoms with Crippen LogP contribution in [0.3, 0.4) is 0 Å². The largest absolute Gasteiger partial charge is 0.453 e. The summed E-state index contributed by atoms with van der Waals surface area (Å²) in [7, 11) is 0. The molecule has 1 aromatic carbocycles. The molecule has 0 saturated heterocycles. The summed E-state index contributed by atoms with van der Waals surface area (Å²) in [6, 6.07) is 4.38. The number of hydrogen-bond donors (Lipinski definition) is 2. The van der Waals surface area contributed by atoms with Crippen LogP contribution in [0.15, 0.2) is 23.7 Å². The fourth-order valence-electron chi connectivity index (χ4n) is 3.99. The van der Waals surface area contributed by atoms with Gasteiger partial charge in [0.25, 0.3) is 5.95 Å². The predicted molar refractivity (Wildman–Crippen MR) is 120 cm³/mol. The first-order valence-electron chi connectivity index (χ1n) is 10.2. The molecule has 4 aromatic rings. The van der Waals surface area contributed by atoms with Gasteiger partial charge in [-0.25, -0.2) is 0 Å². The second kappa shape index (κ2) is 8.03. The zero-order valence-corrected chi connectivity index (χ0v) is 19.6. The van der Waals surface area contributed by atoms with Crippen LogP contribution < -0.4 is 11.1 Å². The number of aromatic nitrogens is 6. The van der Waals surface area contributed by atoms with Crippen LogP contribution in [0.25, 0.3) is 16.9 Å². The SMILES string of the molecule is CC1(c2nncs2)C(=O)Nc2nc(-n3nc(CCC(F)(F)C(F)(F)F)c4cc(Cl)ccc43)nc(N)c21. The van der Waals surface area contributed by atoms with Crippen molar-refractivity contribution in [3.05, 3.63) is 45.0 Å². The summed E-state index contributed by atoms with van der Waals surface area (Å²) in [5.41, 5.74) is 6.88. The Morgan fingerprint density at radius 3 is 2.64 bits per heavy atom. The molecular weight excluding hydrogens is 531 g/mol. The molecule has 1 aliphatic heterocycles. The van der Waals surface area contributed by atoms with E-state index in [1.54, 1.807) is 6.92 Å². The summed E-state index contributed by atoms with van der Waals surface area (Å²) < 4.78 is 66.3. The van der Waals surface area contributed by atoms with E-state index in [4.69, 9.17) is 17.3 Å². The van der Waals surface area contributed by atoms with Crippen LogP contribution in [0.5, 0.6) is 0 Å². The third-order valence-corrected chi connectivity index (χ3v) is 7.05. The maximum Gasteiger partial charge on any atom is 0.453 e. The molecule has 1 amide bonds. The molecule has 1 unspecified atom stereocenters. The number of nitrogens with two attached hydrogens (primary N) is 1. The lowest BCUT2D eigenvalue weighted by atomic mass is 9.85. The van der Waals surface area contributed by atoms with E-state index in [1.807, 2.05) is 0 Å². The van der Waals surface area contributed by atoms with E-state index in [2.05, 4.69) is 30.6 Å². The Morgan fingerprint density at radius 2 is 1.97 bits per heavy atom. The molecule has 0 bridgehead atoms. The molecule has 0 spiro atoms. The van der Waals surface area contributed by atoms with E-state index in [-0.39, 0.29) is 39.3 Å². The van der Waals surface area contributed by atoms with E-state index in [0.717, 1.165) is 16.0 Å². The summed E-state index contributed by atoms with van der Waals surface area (Å²) in [5.74, 6) is -5.49. The first kappa shape index (κ1) is 24.2. The molecular formula is C20H14ClF5N8OS. The highest BCUT2D eigenvalue weighted by atomic mass is 35.5. The van der Waals surface area contributed by atoms with Gasteiger partial charge in [-0.05, 0) is 31.5 Å². The van der Waals surface area contributed by atoms with E-state index >= 15 is 0 Å². The number of amides is 1. The van der Waals surface area contributed by atoms with Crippen LogP contribution in [0, 0.1) is 0 Å². The number of anilines is 2. The van der Waals surface area contributed by atoms with Crippen LogP contribution in [0.1, 0.15) is 29.6 Å². The molecule has 188 valence electrons. The van der Waals surface area contributed by atoms with Crippen LogP contribution in [0.4, 0.5) is 33.6 Å². The monoisotopic (exact) mass is 544 g/mol. The van der Waals surface area contributed by atoms with Crippen LogP contribution in [0.2, 0.25) is 5.02 Å². The van der Waals surface area contributed by atoms with Crippen LogP contribution in [-0.2, 0) is 16.6 Å². The smallest absolute Gasteiger partial charge is 0.383 e. The van der Waals surface area contributed by atoms with E-state index in [1.165, 1.54) is 23.7 Å². The highest BCUT2D eigenvalue weighted by Crippen LogP contribution is 2.45. The third-order valence-electron chi connectivity index (χ3n) is 5.90. The number of alkyl halides is 5. The van der Waals surface area contributed by atoms with E-state index < -0.39 is 36.3 Å². The molecule has 1 atom stereocenters. The minimum Gasteiger partial charge on any atom is -0.383 e. The number of rotatable bonds is 5. The number of nitrogen functional groups attached to an aromatic ring is 1. The van der Waals surface area contributed by atoms with Crippen molar-refractivity contribution < 1.29 is 26.7 Å². The molecule has 1 aliphatic rings. The van der Waals surface area contributed by atoms with Gasteiger partial charge in [0.2, 0.25) is 5.91 Å². The second-order valence-electron chi connectivity index (χ2n) is 8.18. The van der Waals surface area contributed by atoms with Crippen LogP contribution >= 0.6 is 22.9 Å². The molecule has 4 heterocycles. The Kier molecular flexibility index (Phi) is 5.41. The van der Waals surface area contributed by atoms with Gasteiger partial charge in [-0.2, -0.15) is 41.7 Å². The maximum absolute atomic E-state index is 13.6. The van der Waals surface area contributed by atoms with Crippen molar-refractivity contribution in [2.45, 2.75) is 37.3 Å². The average molecular weight is 545 g/mol. The van der Waals surface area contributed by atoms with Gasteiger partial charge >= 0.3 is 12.1 Å². The molecule has 16 heteroatoms. The van der Waals surface area contributed by atoms with Crippen molar-refractivity contribution >= 4 is 51.4 Å². The number of nitrogens with one attached hydrogen (secondary N) is 1. The Balaban J connectivity index is 1.60. The number of hydrogen-bond acceptors (Lipinski definition) is 8. The maximum atomic E-state index is 13.6. The van der Waals surface area contributed by atoms with Crippen molar-refractivity contribution in [1.82, 2.24) is 29.9 Å². The number of carbonyl (C=O) groups is 1. The van der Waals surface area contributed by atoms with Gasteiger partial charge in [0.1, 0.15) is 27.6 Å². The Labute approximate surface area is 207 Å². The third kappa shape index (κ3) is 3.64. The molecule has 3 N–H and O–H groups in total. The van der Waals surface area contributed by atoms with Crippen LogP contribution in [-0.4, -0.2) is 48.0 Å². The lowest BCUT2D eigenvalue weighted by Crippen LogP contribution is -2.36. The number of fused-ring (bicyclic) bond motifs is 2. The van der Waals surface area contributed by atoms with Gasteiger partial charge < -0.3 is 11.1 Å².